The van der Waals surface area contributed by atoms with Gasteiger partial charge >= 0.3 is 0 Å². The molecule has 2 heteroatoms. The van der Waals surface area contributed by atoms with Gasteiger partial charge in [0.15, 0.2) is 0 Å². The molecule has 1 aromatic heterocycles. The van der Waals surface area contributed by atoms with Gasteiger partial charge < -0.3 is 4.57 Å². The number of fused-ring (bicyclic) bond motifs is 3. The summed E-state index contributed by atoms with van der Waals surface area (Å²) in [6.07, 6.45) is 9.88. The maximum absolute atomic E-state index is 4.71. The van der Waals surface area contributed by atoms with Crippen molar-refractivity contribution in [1.29, 1.82) is 0 Å². The van der Waals surface area contributed by atoms with E-state index in [0.717, 1.165) is 24.3 Å². The summed E-state index contributed by atoms with van der Waals surface area (Å²) in [7, 11) is 0. The van der Waals surface area contributed by atoms with Crippen LogP contribution in [0, 0.1) is 0 Å². The van der Waals surface area contributed by atoms with Crippen LogP contribution in [0.1, 0.15) is 12.0 Å². The maximum atomic E-state index is 4.71. The molecule has 0 radical (unpaired) electrons. The van der Waals surface area contributed by atoms with Crippen LogP contribution < -0.4 is 0 Å². The molecule has 0 saturated heterocycles. The molecule has 2 nitrogen and oxygen atoms in total. The zero-order valence-corrected chi connectivity index (χ0v) is 16.3. The Labute approximate surface area is 170 Å². The molecule has 0 bridgehead atoms. The summed E-state index contributed by atoms with van der Waals surface area (Å²) in [6, 6.07) is 25.9. The van der Waals surface area contributed by atoms with Crippen LogP contribution in [0.25, 0.3) is 27.5 Å². The molecule has 0 saturated carbocycles. The van der Waals surface area contributed by atoms with Crippen LogP contribution >= 0.6 is 0 Å². The van der Waals surface area contributed by atoms with Gasteiger partial charge in [0.05, 0.1) is 11.0 Å². The fourth-order valence-electron chi connectivity index (χ4n) is 4.04. The van der Waals surface area contributed by atoms with Crippen molar-refractivity contribution in [2.75, 3.05) is 0 Å². The summed E-state index contributed by atoms with van der Waals surface area (Å²) in [4.78, 5) is 4.71. The lowest BCUT2D eigenvalue weighted by atomic mass is 10.1. The Morgan fingerprint density at radius 2 is 1.66 bits per heavy atom. The highest BCUT2D eigenvalue weighted by Gasteiger charge is 2.12. The highest BCUT2D eigenvalue weighted by molar-refractivity contribution is 6.09. The summed E-state index contributed by atoms with van der Waals surface area (Å²) in [6.45, 7) is 4.20. The summed E-state index contributed by atoms with van der Waals surface area (Å²) >= 11 is 0. The minimum Gasteiger partial charge on any atom is -0.309 e. The third-order valence-electron chi connectivity index (χ3n) is 5.33. The molecule has 29 heavy (non-hydrogen) atoms. The van der Waals surface area contributed by atoms with Gasteiger partial charge in [-0.05, 0) is 35.9 Å². The minimum absolute atomic E-state index is 0.743. The number of aliphatic imine (C=N–C) groups is 1. The monoisotopic (exact) mass is 374 g/mol. The first kappa shape index (κ1) is 17.4. The molecule has 3 aromatic carbocycles. The third kappa shape index (κ3) is 3.34. The zero-order valence-electron chi connectivity index (χ0n) is 16.3. The van der Waals surface area contributed by atoms with Crippen molar-refractivity contribution in [1.82, 2.24) is 4.57 Å². The Kier molecular flexibility index (Phi) is 4.45. The number of benzene rings is 3. The first-order valence-electron chi connectivity index (χ1n) is 9.96. The first-order valence-corrected chi connectivity index (χ1v) is 9.96. The van der Waals surface area contributed by atoms with Gasteiger partial charge in [-0.15, -0.1) is 0 Å². The van der Waals surface area contributed by atoms with Crippen LogP contribution in [0.4, 0.5) is 0 Å². The van der Waals surface area contributed by atoms with Gasteiger partial charge in [-0.25, -0.2) is 0 Å². The Morgan fingerprint density at radius 1 is 0.862 bits per heavy atom. The second kappa shape index (κ2) is 7.40. The molecule has 140 valence electrons. The van der Waals surface area contributed by atoms with Crippen molar-refractivity contribution in [3.8, 4) is 5.69 Å². The van der Waals surface area contributed by atoms with Gasteiger partial charge in [-0.1, -0.05) is 73.3 Å². The average molecular weight is 374 g/mol. The van der Waals surface area contributed by atoms with Crippen molar-refractivity contribution in [3.63, 3.8) is 0 Å². The molecule has 5 rings (SSSR count). The fraction of sp³-hybridized carbons (Fsp3) is 0.0741. The average Bonchev–Trinajstić information content (AvgIpc) is 3.08. The van der Waals surface area contributed by atoms with Crippen molar-refractivity contribution >= 4 is 27.5 Å². The highest BCUT2D eigenvalue weighted by atomic mass is 15.0. The van der Waals surface area contributed by atoms with Gasteiger partial charge in [0.1, 0.15) is 0 Å². The number of aromatic nitrogens is 1. The summed E-state index contributed by atoms with van der Waals surface area (Å²) in [5.41, 5.74) is 6.80. The fourth-order valence-corrected chi connectivity index (χ4v) is 4.04. The van der Waals surface area contributed by atoms with E-state index in [1.54, 1.807) is 0 Å². The molecule has 1 aliphatic carbocycles. The van der Waals surface area contributed by atoms with Gasteiger partial charge in [0.25, 0.3) is 0 Å². The molecule has 0 atom stereocenters. The van der Waals surface area contributed by atoms with Crippen LogP contribution in [-0.4, -0.2) is 10.3 Å². The maximum Gasteiger partial charge on any atom is 0.0543 e. The van der Waals surface area contributed by atoms with Gasteiger partial charge in [0, 0.05) is 40.7 Å². The molecule has 0 N–H and O–H groups in total. The summed E-state index contributed by atoms with van der Waals surface area (Å²) < 4.78 is 2.34. The van der Waals surface area contributed by atoms with E-state index < -0.39 is 0 Å². The van der Waals surface area contributed by atoms with Crippen molar-refractivity contribution in [2.24, 2.45) is 4.99 Å². The lowest BCUT2D eigenvalue weighted by Crippen LogP contribution is -1.97. The normalized spacial score (nSPS) is 14.8. The molecule has 0 unspecified atom stereocenters. The van der Waals surface area contributed by atoms with E-state index in [0.29, 0.717) is 0 Å². The van der Waals surface area contributed by atoms with Crippen LogP contribution in [0.15, 0.2) is 114 Å². The molecule has 1 aliphatic rings. The Balaban J connectivity index is 1.59. The molecule has 0 amide bonds. The van der Waals surface area contributed by atoms with E-state index in [1.165, 1.54) is 33.1 Å². The molecule has 0 aliphatic heterocycles. The Morgan fingerprint density at radius 3 is 2.48 bits per heavy atom. The van der Waals surface area contributed by atoms with E-state index in [-0.39, 0.29) is 0 Å². The second-order valence-corrected chi connectivity index (χ2v) is 7.38. The topological polar surface area (TPSA) is 17.3 Å². The van der Waals surface area contributed by atoms with E-state index in [1.807, 2.05) is 6.08 Å². The molecular weight excluding hydrogens is 352 g/mol. The largest absolute Gasteiger partial charge is 0.309 e. The molecular formula is C27H22N2. The van der Waals surface area contributed by atoms with Crippen LogP contribution in [0.2, 0.25) is 0 Å². The SMILES string of the molecule is C=C(Cc1ccc2c3ccccc3n(-c3ccccc3)c2c1)N=C1C=CC=CC1. The van der Waals surface area contributed by atoms with Crippen LogP contribution in [0.3, 0.4) is 0 Å². The summed E-state index contributed by atoms with van der Waals surface area (Å²) in [5.74, 6) is 0. The van der Waals surface area contributed by atoms with E-state index in [2.05, 4.69) is 102 Å². The lowest BCUT2D eigenvalue weighted by molar-refractivity contribution is 1.11. The van der Waals surface area contributed by atoms with Gasteiger partial charge in [0.2, 0.25) is 0 Å². The zero-order chi connectivity index (χ0) is 19.6. The Hall–Kier alpha value is -3.65. The van der Waals surface area contributed by atoms with Crippen molar-refractivity contribution in [2.45, 2.75) is 12.8 Å². The van der Waals surface area contributed by atoms with Gasteiger partial charge in [-0.2, -0.15) is 0 Å². The minimum atomic E-state index is 0.743. The van der Waals surface area contributed by atoms with Crippen LogP contribution in [-0.2, 0) is 6.42 Å². The summed E-state index contributed by atoms with van der Waals surface area (Å²) in [5, 5.41) is 2.54. The molecule has 0 spiro atoms. The van der Waals surface area contributed by atoms with Crippen molar-refractivity contribution < 1.29 is 0 Å². The van der Waals surface area contributed by atoms with E-state index in [4.69, 9.17) is 4.99 Å². The predicted molar refractivity (Wildman–Crippen MR) is 124 cm³/mol. The number of rotatable bonds is 4. The molecule has 1 heterocycles. The van der Waals surface area contributed by atoms with Gasteiger partial charge in [-0.3, -0.25) is 4.99 Å². The number of hydrogen-bond donors (Lipinski definition) is 0. The predicted octanol–water partition coefficient (Wildman–Crippen LogP) is 6.80. The van der Waals surface area contributed by atoms with E-state index in [9.17, 15) is 0 Å². The van der Waals surface area contributed by atoms with Crippen LogP contribution in [0.5, 0.6) is 0 Å². The second-order valence-electron chi connectivity index (χ2n) is 7.38. The smallest absolute Gasteiger partial charge is 0.0543 e. The Bertz CT molecular complexity index is 1300. The number of para-hydroxylation sites is 2. The van der Waals surface area contributed by atoms with E-state index >= 15 is 0 Å². The highest BCUT2D eigenvalue weighted by Crippen LogP contribution is 2.32. The standard InChI is InChI=1S/C27H22N2/c1-20(28-22-10-4-2-5-11-22)18-21-16-17-25-24-14-8-9-15-26(24)29(27(25)19-21)23-12-6-3-7-13-23/h2-10,12-17,19H,1,11,18H2. The lowest BCUT2D eigenvalue weighted by Gasteiger charge is -2.09. The number of allylic oxidation sites excluding steroid dienone is 5. The number of nitrogens with zero attached hydrogens (tertiary/aromatic N) is 2. The van der Waals surface area contributed by atoms with Crippen molar-refractivity contribution in [3.05, 3.63) is 115 Å². The molecule has 0 fully saturated rings. The third-order valence-corrected chi connectivity index (χ3v) is 5.33. The first-order chi connectivity index (χ1) is 14.3. The quantitative estimate of drug-likeness (QED) is 0.374. The molecule has 4 aromatic rings. The number of hydrogen-bond acceptors (Lipinski definition) is 1.